The predicted octanol–water partition coefficient (Wildman–Crippen LogP) is 6.91. The summed E-state index contributed by atoms with van der Waals surface area (Å²) in [6.07, 6.45) is 20.0. The van der Waals surface area contributed by atoms with Crippen molar-refractivity contribution in [2.45, 2.75) is 104 Å². The molecule has 1 aliphatic heterocycles. The van der Waals surface area contributed by atoms with Crippen LogP contribution in [0.2, 0.25) is 0 Å². The van der Waals surface area contributed by atoms with Gasteiger partial charge < -0.3 is 14.2 Å². The largest absolute Gasteiger partial charge is 0.465 e. The molecule has 5 heteroatoms. The minimum atomic E-state index is -1.26. The van der Waals surface area contributed by atoms with E-state index in [2.05, 4.69) is 19.9 Å². The topological polar surface area (TPSA) is 55.8 Å². The first-order valence-electron chi connectivity index (χ1n) is 11.5. The number of carbonyl (C=O) groups excluding carboxylic acids is 1. The van der Waals surface area contributed by atoms with Crippen LogP contribution in [0.25, 0.3) is 0 Å². The first-order valence-corrected chi connectivity index (χ1v) is 12.9. The number of carbonyl (C=O) groups is 1. The Morgan fingerprint density at radius 1 is 1.04 bits per heavy atom. The fraction of sp³-hybridized carbons (Fsp3) is 0.870. The van der Waals surface area contributed by atoms with E-state index in [9.17, 15) is 9.69 Å². The maximum Gasteiger partial charge on any atom is 0.305 e. The van der Waals surface area contributed by atoms with Gasteiger partial charge in [0, 0.05) is 18.5 Å². The van der Waals surface area contributed by atoms with Crippen LogP contribution in [-0.2, 0) is 14.1 Å². The summed E-state index contributed by atoms with van der Waals surface area (Å²) in [5.41, 5.74) is 1.54. The molecule has 1 rings (SSSR count). The molecule has 0 aliphatic carbocycles. The lowest BCUT2D eigenvalue weighted by Crippen LogP contribution is -2.15. The van der Waals surface area contributed by atoms with Gasteiger partial charge in [-0.1, -0.05) is 69.9 Å². The first-order chi connectivity index (χ1) is 13.6. The number of ether oxygens (including phenoxy) is 1. The van der Waals surface area contributed by atoms with Crippen LogP contribution in [0, 0.1) is 5.92 Å². The normalized spacial score (nSPS) is 19.9. The highest BCUT2D eigenvalue weighted by atomic mass is 31.2. The van der Waals surface area contributed by atoms with Crippen molar-refractivity contribution < 1.29 is 18.9 Å². The summed E-state index contributed by atoms with van der Waals surface area (Å²) in [5, 5.41) is 0. The molecule has 0 aromatic carbocycles. The molecule has 0 bridgehead atoms. The molecule has 2 atom stereocenters. The predicted molar refractivity (Wildman–Crippen MR) is 118 cm³/mol. The van der Waals surface area contributed by atoms with Crippen molar-refractivity contribution in [1.82, 2.24) is 0 Å². The molecule has 1 heterocycles. The highest BCUT2D eigenvalue weighted by Crippen LogP contribution is 2.40. The zero-order chi connectivity index (χ0) is 20.5. The van der Waals surface area contributed by atoms with E-state index in [-0.39, 0.29) is 11.9 Å². The van der Waals surface area contributed by atoms with Crippen LogP contribution in [0.15, 0.2) is 11.6 Å². The molecule has 1 N–H and O–H groups in total. The van der Waals surface area contributed by atoms with E-state index in [0.29, 0.717) is 25.8 Å². The van der Waals surface area contributed by atoms with Crippen molar-refractivity contribution in [3.8, 4) is 0 Å². The van der Waals surface area contributed by atoms with Crippen LogP contribution in [0.4, 0.5) is 0 Å². The Morgan fingerprint density at radius 2 is 1.68 bits per heavy atom. The van der Waals surface area contributed by atoms with Crippen LogP contribution in [0.1, 0.15) is 104 Å². The summed E-state index contributed by atoms with van der Waals surface area (Å²) in [6.45, 7) is 5.44. The van der Waals surface area contributed by atoms with Crippen molar-refractivity contribution in [1.29, 1.82) is 0 Å². The Labute approximate surface area is 174 Å². The van der Waals surface area contributed by atoms with Crippen molar-refractivity contribution in [2.75, 3.05) is 19.4 Å². The second kappa shape index (κ2) is 17.4. The maximum atomic E-state index is 11.7. The van der Waals surface area contributed by atoms with Gasteiger partial charge in [0.1, 0.15) is 0 Å². The Kier molecular flexibility index (Phi) is 15.9. The molecular formula is C23H43O4P. The van der Waals surface area contributed by atoms with Crippen LogP contribution in [0.5, 0.6) is 0 Å². The van der Waals surface area contributed by atoms with Gasteiger partial charge in [0.15, 0.2) is 8.38 Å². The van der Waals surface area contributed by atoms with Gasteiger partial charge >= 0.3 is 5.97 Å². The van der Waals surface area contributed by atoms with Crippen molar-refractivity contribution in [3.05, 3.63) is 11.6 Å². The lowest BCUT2D eigenvalue weighted by atomic mass is 10.0. The van der Waals surface area contributed by atoms with Crippen LogP contribution >= 0.6 is 8.38 Å². The molecule has 0 aromatic heterocycles. The van der Waals surface area contributed by atoms with Gasteiger partial charge in [0.25, 0.3) is 0 Å². The van der Waals surface area contributed by atoms with Gasteiger partial charge in [-0.15, -0.1) is 0 Å². The number of hydrogen-bond donors (Lipinski definition) is 1. The number of unbranched alkanes of at least 4 members (excludes halogenated alkanes) is 10. The Bertz CT molecular complexity index is 425. The SMILES string of the molecule is CCCCCCCC/C=C(\C)CCCCCCCC(=O)OCC1COP(O)C1. The third-order valence-electron chi connectivity index (χ3n) is 5.36. The third kappa shape index (κ3) is 14.5. The van der Waals surface area contributed by atoms with Gasteiger partial charge in [0.05, 0.1) is 13.2 Å². The van der Waals surface area contributed by atoms with Crippen LogP contribution in [-0.4, -0.2) is 30.2 Å². The zero-order valence-electron chi connectivity index (χ0n) is 18.3. The molecule has 0 amide bonds. The van der Waals surface area contributed by atoms with Crippen molar-refractivity contribution in [2.24, 2.45) is 5.92 Å². The van der Waals surface area contributed by atoms with Gasteiger partial charge in [-0.3, -0.25) is 4.79 Å². The van der Waals surface area contributed by atoms with Crippen molar-refractivity contribution >= 4 is 14.3 Å². The fourth-order valence-electron chi connectivity index (χ4n) is 3.48. The van der Waals surface area contributed by atoms with E-state index in [0.717, 1.165) is 12.8 Å². The number of hydrogen-bond acceptors (Lipinski definition) is 4. The van der Waals surface area contributed by atoms with Gasteiger partial charge in [0.2, 0.25) is 0 Å². The molecular weight excluding hydrogens is 371 g/mol. The van der Waals surface area contributed by atoms with Crippen LogP contribution in [0.3, 0.4) is 0 Å². The van der Waals surface area contributed by atoms with E-state index in [1.165, 1.54) is 70.6 Å². The first kappa shape index (κ1) is 25.6. The van der Waals surface area contributed by atoms with Gasteiger partial charge in [-0.05, 0) is 39.0 Å². The quantitative estimate of drug-likeness (QED) is 0.122. The number of esters is 1. The minimum absolute atomic E-state index is 0.109. The summed E-state index contributed by atoms with van der Waals surface area (Å²) < 4.78 is 10.4. The number of rotatable bonds is 17. The Hall–Kier alpha value is -0.440. The lowest BCUT2D eigenvalue weighted by Gasteiger charge is -2.08. The molecule has 1 aliphatic rings. The zero-order valence-corrected chi connectivity index (χ0v) is 19.2. The van der Waals surface area contributed by atoms with E-state index in [1.807, 2.05) is 0 Å². The standard InChI is InChI=1S/C23H43O4P/c1-3-4-5-6-7-9-12-15-21(2)16-13-10-8-11-14-17-23(24)26-18-22-19-27-28(25)20-22/h15,22,25H,3-14,16-20H2,1-2H3/b21-15+. The summed E-state index contributed by atoms with van der Waals surface area (Å²) in [4.78, 5) is 21.1. The molecule has 4 nitrogen and oxygen atoms in total. The second-order valence-corrected chi connectivity index (χ2v) is 9.58. The lowest BCUT2D eigenvalue weighted by molar-refractivity contribution is -0.145. The summed E-state index contributed by atoms with van der Waals surface area (Å²) in [6, 6.07) is 0. The van der Waals surface area contributed by atoms with E-state index in [1.54, 1.807) is 5.57 Å². The highest BCUT2D eigenvalue weighted by molar-refractivity contribution is 7.46. The summed E-state index contributed by atoms with van der Waals surface area (Å²) in [7, 11) is -1.26. The Balaban J connectivity index is 1.86. The minimum Gasteiger partial charge on any atom is -0.465 e. The molecule has 1 saturated heterocycles. The molecule has 28 heavy (non-hydrogen) atoms. The van der Waals surface area contributed by atoms with E-state index in [4.69, 9.17) is 9.26 Å². The molecule has 1 fully saturated rings. The smallest absolute Gasteiger partial charge is 0.305 e. The highest BCUT2D eigenvalue weighted by Gasteiger charge is 2.25. The molecule has 0 radical (unpaired) electrons. The average Bonchev–Trinajstić information content (AvgIpc) is 3.10. The number of allylic oxidation sites excluding steroid dienone is 2. The molecule has 0 spiro atoms. The molecule has 0 saturated carbocycles. The molecule has 164 valence electrons. The van der Waals surface area contributed by atoms with Gasteiger partial charge in [-0.2, -0.15) is 0 Å². The fourth-order valence-corrected chi connectivity index (χ4v) is 4.62. The van der Waals surface area contributed by atoms with E-state index < -0.39 is 8.38 Å². The Morgan fingerprint density at radius 3 is 2.36 bits per heavy atom. The maximum absolute atomic E-state index is 11.7. The van der Waals surface area contributed by atoms with E-state index >= 15 is 0 Å². The van der Waals surface area contributed by atoms with Gasteiger partial charge in [-0.25, -0.2) is 0 Å². The van der Waals surface area contributed by atoms with Crippen molar-refractivity contribution in [3.63, 3.8) is 0 Å². The monoisotopic (exact) mass is 414 g/mol. The summed E-state index contributed by atoms with van der Waals surface area (Å²) >= 11 is 0. The second-order valence-electron chi connectivity index (χ2n) is 8.25. The average molecular weight is 415 g/mol. The molecule has 0 aromatic rings. The van der Waals surface area contributed by atoms with Crippen LogP contribution < -0.4 is 0 Å². The third-order valence-corrected chi connectivity index (χ3v) is 6.63. The molecule has 2 unspecified atom stereocenters. The summed E-state index contributed by atoms with van der Waals surface area (Å²) in [5.74, 6) is 0.0695.